The van der Waals surface area contributed by atoms with Gasteiger partial charge in [0.05, 0.1) is 18.8 Å². The minimum atomic E-state index is -4.45. The van der Waals surface area contributed by atoms with Crippen LogP contribution in [0.15, 0.2) is 24.3 Å². The van der Waals surface area contributed by atoms with Crippen molar-refractivity contribution in [3.8, 4) is 0 Å². The summed E-state index contributed by atoms with van der Waals surface area (Å²) in [7, 11) is 0. The van der Waals surface area contributed by atoms with Gasteiger partial charge < -0.3 is 19.3 Å². The maximum absolute atomic E-state index is 12.7. The van der Waals surface area contributed by atoms with Crippen LogP contribution in [0.25, 0.3) is 0 Å². The number of likely N-dealkylation sites (tertiary alicyclic amines) is 1. The molecular weight excluding hydrogens is 365 g/mol. The number of hydrogen-bond acceptors (Lipinski definition) is 4. The zero-order valence-electron chi connectivity index (χ0n) is 14.9. The van der Waals surface area contributed by atoms with Gasteiger partial charge >= 0.3 is 6.18 Å². The molecule has 3 rings (SSSR count). The Morgan fingerprint density at radius 1 is 1.11 bits per heavy atom. The van der Waals surface area contributed by atoms with Crippen LogP contribution in [-0.4, -0.2) is 55.3 Å². The van der Waals surface area contributed by atoms with Gasteiger partial charge in [0.25, 0.3) is 0 Å². The van der Waals surface area contributed by atoms with Gasteiger partial charge in [-0.05, 0) is 24.3 Å². The third-order valence-electron chi connectivity index (χ3n) is 4.87. The first kappa shape index (κ1) is 19.6. The van der Waals surface area contributed by atoms with E-state index in [1.165, 1.54) is 24.0 Å². The maximum atomic E-state index is 12.7. The minimum Gasteiger partial charge on any atom is -0.347 e. The highest BCUT2D eigenvalue weighted by molar-refractivity contribution is 5.97. The molecule has 0 bridgehead atoms. The Bertz CT molecular complexity index is 690. The van der Waals surface area contributed by atoms with Gasteiger partial charge in [-0.25, -0.2) is 0 Å². The SMILES string of the molecule is CC(=O)N(CC(=O)N1CCC2(CC1)OCCO2)c1ccc(C(F)(F)F)cc1. The van der Waals surface area contributed by atoms with Crippen molar-refractivity contribution in [2.75, 3.05) is 37.7 Å². The van der Waals surface area contributed by atoms with Crippen LogP contribution in [0.4, 0.5) is 18.9 Å². The molecule has 0 radical (unpaired) electrons. The van der Waals surface area contributed by atoms with Crippen molar-refractivity contribution in [3.63, 3.8) is 0 Å². The summed E-state index contributed by atoms with van der Waals surface area (Å²) in [6.07, 6.45) is -3.35. The number of rotatable bonds is 3. The Labute approximate surface area is 154 Å². The van der Waals surface area contributed by atoms with Crippen molar-refractivity contribution < 1.29 is 32.2 Å². The highest BCUT2D eigenvalue weighted by Gasteiger charge is 2.41. The van der Waals surface area contributed by atoms with Gasteiger partial charge in [0, 0.05) is 38.5 Å². The van der Waals surface area contributed by atoms with E-state index >= 15 is 0 Å². The number of piperidine rings is 1. The van der Waals surface area contributed by atoms with Crippen molar-refractivity contribution in [3.05, 3.63) is 29.8 Å². The van der Waals surface area contributed by atoms with E-state index in [2.05, 4.69) is 0 Å². The molecule has 6 nitrogen and oxygen atoms in total. The number of anilines is 1. The molecule has 27 heavy (non-hydrogen) atoms. The van der Waals surface area contributed by atoms with E-state index in [-0.39, 0.29) is 18.1 Å². The smallest absolute Gasteiger partial charge is 0.347 e. The number of halogens is 3. The summed E-state index contributed by atoms with van der Waals surface area (Å²) in [6.45, 7) is 3.01. The molecule has 2 aliphatic rings. The van der Waals surface area contributed by atoms with Gasteiger partial charge in [-0.1, -0.05) is 0 Å². The minimum absolute atomic E-state index is 0.227. The first-order valence-electron chi connectivity index (χ1n) is 8.71. The van der Waals surface area contributed by atoms with Crippen LogP contribution in [0, 0.1) is 0 Å². The maximum Gasteiger partial charge on any atom is 0.416 e. The van der Waals surface area contributed by atoms with Crippen molar-refractivity contribution in [1.82, 2.24) is 4.90 Å². The fourth-order valence-corrected chi connectivity index (χ4v) is 3.33. The topological polar surface area (TPSA) is 59.1 Å². The molecule has 0 aromatic heterocycles. The lowest BCUT2D eigenvalue weighted by Crippen LogP contribution is -2.50. The zero-order valence-corrected chi connectivity index (χ0v) is 14.9. The molecule has 1 aromatic rings. The van der Waals surface area contributed by atoms with Crippen LogP contribution < -0.4 is 4.90 Å². The number of hydrogen-bond donors (Lipinski definition) is 0. The van der Waals surface area contributed by atoms with Crippen molar-refractivity contribution in [2.24, 2.45) is 0 Å². The molecule has 2 aliphatic heterocycles. The third-order valence-corrected chi connectivity index (χ3v) is 4.87. The monoisotopic (exact) mass is 386 g/mol. The van der Waals surface area contributed by atoms with E-state index in [0.29, 0.717) is 39.1 Å². The predicted molar refractivity (Wildman–Crippen MR) is 89.9 cm³/mol. The number of nitrogens with zero attached hydrogens (tertiary/aromatic N) is 2. The van der Waals surface area contributed by atoms with Gasteiger partial charge in [0.2, 0.25) is 11.8 Å². The molecule has 2 fully saturated rings. The summed E-state index contributed by atoms with van der Waals surface area (Å²) in [6, 6.07) is 4.19. The molecule has 2 heterocycles. The Morgan fingerprint density at radius 2 is 1.67 bits per heavy atom. The van der Waals surface area contributed by atoms with Crippen molar-refractivity contribution in [1.29, 1.82) is 0 Å². The van der Waals surface area contributed by atoms with Crippen LogP contribution >= 0.6 is 0 Å². The molecule has 0 N–H and O–H groups in total. The first-order valence-corrected chi connectivity index (χ1v) is 8.71. The van der Waals surface area contributed by atoms with E-state index < -0.39 is 23.4 Å². The van der Waals surface area contributed by atoms with E-state index in [1.807, 2.05) is 0 Å². The summed E-state index contributed by atoms with van der Waals surface area (Å²) in [5.41, 5.74) is -0.557. The zero-order chi connectivity index (χ0) is 19.7. The number of carbonyl (C=O) groups is 2. The van der Waals surface area contributed by atoms with Crippen LogP contribution in [0.3, 0.4) is 0 Å². The fraction of sp³-hybridized carbons (Fsp3) is 0.556. The largest absolute Gasteiger partial charge is 0.416 e. The fourth-order valence-electron chi connectivity index (χ4n) is 3.33. The van der Waals surface area contributed by atoms with Crippen LogP contribution in [-0.2, 0) is 25.2 Å². The van der Waals surface area contributed by atoms with E-state index in [0.717, 1.165) is 12.1 Å². The van der Waals surface area contributed by atoms with Gasteiger partial charge in [-0.3, -0.25) is 9.59 Å². The quantitative estimate of drug-likeness (QED) is 0.801. The third kappa shape index (κ3) is 4.41. The second-order valence-corrected chi connectivity index (χ2v) is 6.64. The molecule has 1 spiro atoms. The van der Waals surface area contributed by atoms with Gasteiger partial charge in [-0.15, -0.1) is 0 Å². The van der Waals surface area contributed by atoms with Gasteiger partial charge in [0.15, 0.2) is 5.79 Å². The molecule has 0 saturated carbocycles. The van der Waals surface area contributed by atoms with E-state index in [1.54, 1.807) is 4.90 Å². The average molecular weight is 386 g/mol. The summed E-state index contributed by atoms with van der Waals surface area (Å²) < 4.78 is 49.3. The lowest BCUT2D eigenvalue weighted by molar-refractivity contribution is -0.187. The summed E-state index contributed by atoms with van der Waals surface area (Å²) in [4.78, 5) is 27.3. The molecule has 0 unspecified atom stereocenters. The Hall–Kier alpha value is -2.13. The number of ether oxygens (including phenoxy) is 2. The first-order chi connectivity index (χ1) is 12.7. The molecule has 2 saturated heterocycles. The Balaban J connectivity index is 1.64. The number of amides is 2. The standard InChI is InChI=1S/C18H21F3N2O4/c1-13(24)23(15-4-2-14(3-5-15)18(19,20)21)12-16(25)22-8-6-17(7-9-22)26-10-11-27-17/h2-5H,6-12H2,1H3. The van der Waals surface area contributed by atoms with Gasteiger partial charge in [0.1, 0.15) is 6.54 Å². The molecule has 2 amide bonds. The van der Waals surface area contributed by atoms with E-state index in [9.17, 15) is 22.8 Å². The lowest BCUT2D eigenvalue weighted by Gasteiger charge is -2.38. The molecule has 9 heteroatoms. The summed E-state index contributed by atoms with van der Waals surface area (Å²) in [5.74, 6) is -1.29. The number of alkyl halides is 3. The van der Waals surface area contributed by atoms with Crippen LogP contribution in [0.2, 0.25) is 0 Å². The number of carbonyl (C=O) groups excluding carboxylic acids is 2. The molecule has 0 atom stereocenters. The Morgan fingerprint density at radius 3 is 2.15 bits per heavy atom. The summed E-state index contributed by atoms with van der Waals surface area (Å²) in [5, 5.41) is 0. The molecule has 148 valence electrons. The van der Waals surface area contributed by atoms with Crippen LogP contribution in [0.5, 0.6) is 0 Å². The second kappa shape index (κ2) is 7.47. The molecule has 1 aromatic carbocycles. The normalized spacial score (nSPS) is 19.3. The molecule has 0 aliphatic carbocycles. The number of benzene rings is 1. The highest BCUT2D eigenvalue weighted by Crippen LogP contribution is 2.32. The van der Waals surface area contributed by atoms with Crippen molar-refractivity contribution >= 4 is 17.5 Å². The lowest BCUT2D eigenvalue weighted by atomic mass is 10.0. The average Bonchev–Trinajstić information content (AvgIpc) is 3.07. The summed E-state index contributed by atoms with van der Waals surface area (Å²) >= 11 is 0. The predicted octanol–water partition coefficient (Wildman–Crippen LogP) is 2.42. The van der Waals surface area contributed by atoms with Crippen LogP contribution in [0.1, 0.15) is 25.3 Å². The Kier molecular flexibility index (Phi) is 5.43. The van der Waals surface area contributed by atoms with E-state index in [4.69, 9.17) is 9.47 Å². The molecular formula is C18H21F3N2O4. The highest BCUT2D eigenvalue weighted by atomic mass is 19.4. The van der Waals surface area contributed by atoms with Crippen molar-refractivity contribution in [2.45, 2.75) is 31.7 Å². The second-order valence-electron chi connectivity index (χ2n) is 6.64. The van der Waals surface area contributed by atoms with Gasteiger partial charge in [-0.2, -0.15) is 13.2 Å².